The molecule has 10 rings (SSSR count). The Labute approximate surface area is 527 Å². The lowest BCUT2D eigenvalue weighted by Gasteiger charge is -2.26. The summed E-state index contributed by atoms with van der Waals surface area (Å²) < 4.78 is 26.0. The number of hydrogen-bond acceptors (Lipinski definition) is 11. The summed E-state index contributed by atoms with van der Waals surface area (Å²) >= 11 is 3.26. The number of carbonyl (C=O) groups is 1. The minimum absolute atomic E-state index is 0.309. The molecule has 0 fully saturated rings. The van der Waals surface area contributed by atoms with E-state index in [-0.39, 0.29) is 5.57 Å². The third kappa shape index (κ3) is 14.2. The Morgan fingerprint density at radius 1 is 0.523 bits per heavy atom. The van der Waals surface area contributed by atoms with Gasteiger partial charge < -0.3 is 29.0 Å². The highest BCUT2D eigenvalue weighted by molar-refractivity contribution is 7.19. The van der Waals surface area contributed by atoms with Crippen molar-refractivity contribution >= 4 is 95.4 Å². The fourth-order valence-corrected chi connectivity index (χ4v) is 14.3. The van der Waals surface area contributed by atoms with Crippen LogP contribution in [0.3, 0.4) is 0 Å². The first kappa shape index (κ1) is 62.8. The van der Waals surface area contributed by atoms with Gasteiger partial charge in [0.05, 0.1) is 49.6 Å². The van der Waals surface area contributed by atoms with Crippen LogP contribution in [0.1, 0.15) is 146 Å². The molecule has 7 aromatic carbocycles. The Hall–Kier alpha value is -8.24. The number of unbranched alkanes of at least 4 members (excludes halogenated alkanes) is 12. The SMILES string of the molecule is CCCCCCOc1c(OCCCCCC)c(-c2cc(CCCCCC)c(-c3ccc(N(c4ccc(OC)cc4)c4ccc(OC)cc4)cc3)s2)c2nc3c4ccccc4c4ccccc4c3nc2c1-c1cc(CCCCCC)c(/C=C(\C#N)C(=O)O)s1. The zero-order valence-corrected chi connectivity index (χ0v) is 53.6. The third-order valence-corrected chi connectivity index (χ3v) is 19.0. The molecule has 0 bridgehead atoms. The second-order valence-electron chi connectivity index (χ2n) is 22.8. The van der Waals surface area contributed by atoms with E-state index in [9.17, 15) is 15.2 Å². The highest BCUT2D eigenvalue weighted by atomic mass is 32.1. The van der Waals surface area contributed by atoms with Gasteiger partial charge in [-0.05, 0) is 145 Å². The van der Waals surface area contributed by atoms with Crippen LogP contribution in [0.4, 0.5) is 17.1 Å². The second kappa shape index (κ2) is 30.6. The number of nitriles is 1. The van der Waals surface area contributed by atoms with Crippen LogP contribution in [0.25, 0.3) is 81.0 Å². The second-order valence-corrected chi connectivity index (χ2v) is 24.9. The maximum absolute atomic E-state index is 12.6. The lowest BCUT2D eigenvalue weighted by atomic mass is 9.96. The lowest BCUT2D eigenvalue weighted by molar-refractivity contribution is -0.132. The molecule has 0 radical (unpaired) electrons. The summed E-state index contributed by atoms with van der Waals surface area (Å²) in [6.45, 7) is 9.83. The molecule has 10 nitrogen and oxygen atoms in total. The number of carboxylic acids is 1. The Kier molecular flexibility index (Phi) is 21.8. The number of rotatable bonds is 32. The molecule has 454 valence electrons. The maximum atomic E-state index is 12.6. The molecule has 0 amide bonds. The van der Waals surface area contributed by atoms with Gasteiger partial charge in [0, 0.05) is 47.3 Å². The Balaban J connectivity index is 1.27. The molecule has 3 aromatic heterocycles. The Morgan fingerprint density at radius 3 is 1.39 bits per heavy atom. The van der Waals surface area contributed by atoms with Crippen molar-refractivity contribution in [3.63, 3.8) is 0 Å². The predicted molar refractivity (Wildman–Crippen MR) is 368 cm³/mol. The van der Waals surface area contributed by atoms with Crippen LogP contribution in [-0.4, -0.2) is 48.5 Å². The van der Waals surface area contributed by atoms with Crippen LogP contribution in [0.5, 0.6) is 23.0 Å². The minimum Gasteiger partial charge on any atom is -0.497 e. The number of aryl methyl sites for hydroxylation is 2. The van der Waals surface area contributed by atoms with Gasteiger partial charge in [-0.15, -0.1) is 22.7 Å². The number of methoxy groups -OCH3 is 2. The molecule has 0 aliphatic heterocycles. The number of thiophene rings is 2. The van der Waals surface area contributed by atoms with Crippen LogP contribution in [0.15, 0.2) is 139 Å². The third-order valence-electron chi connectivity index (χ3n) is 16.6. The van der Waals surface area contributed by atoms with Crippen molar-refractivity contribution in [1.82, 2.24) is 9.97 Å². The van der Waals surface area contributed by atoms with Crippen molar-refractivity contribution in [2.45, 2.75) is 143 Å². The van der Waals surface area contributed by atoms with E-state index in [1.807, 2.05) is 30.3 Å². The zero-order valence-electron chi connectivity index (χ0n) is 52.0. The van der Waals surface area contributed by atoms with E-state index in [0.29, 0.717) is 35.7 Å². The van der Waals surface area contributed by atoms with Gasteiger partial charge in [-0.2, -0.15) is 5.26 Å². The first-order valence-corrected chi connectivity index (χ1v) is 33.5. The van der Waals surface area contributed by atoms with Crippen molar-refractivity contribution in [1.29, 1.82) is 5.26 Å². The van der Waals surface area contributed by atoms with E-state index in [1.54, 1.807) is 31.6 Å². The lowest BCUT2D eigenvalue weighted by Crippen LogP contribution is -2.09. The molecule has 0 atom stereocenters. The van der Waals surface area contributed by atoms with Crippen molar-refractivity contribution in [2.75, 3.05) is 32.3 Å². The number of aromatic nitrogens is 2. The number of aliphatic carboxylic acids is 1. The van der Waals surface area contributed by atoms with Crippen LogP contribution < -0.4 is 23.8 Å². The van der Waals surface area contributed by atoms with Crippen LogP contribution in [-0.2, 0) is 17.6 Å². The summed E-state index contributed by atoms with van der Waals surface area (Å²) in [6, 6.07) is 48.8. The van der Waals surface area contributed by atoms with E-state index in [4.69, 9.17) is 28.9 Å². The van der Waals surface area contributed by atoms with Crippen LogP contribution in [0, 0.1) is 11.3 Å². The van der Waals surface area contributed by atoms with Crippen molar-refractivity contribution in [3.8, 4) is 60.4 Å². The summed E-state index contributed by atoms with van der Waals surface area (Å²) in [5.41, 5.74) is 10.6. The quantitative estimate of drug-likeness (QED) is 0.0143. The van der Waals surface area contributed by atoms with Crippen molar-refractivity contribution < 1.29 is 28.8 Å². The minimum atomic E-state index is -1.25. The number of benzene rings is 7. The number of nitrogens with zero attached hydrogens (tertiary/aromatic N) is 4. The van der Waals surface area contributed by atoms with Gasteiger partial charge >= 0.3 is 5.97 Å². The molecule has 0 saturated heterocycles. The smallest absolute Gasteiger partial charge is 0.346 e. The average molecular weight is 1210 g/mol. The standard InChI is InChI=1S/C76H82N4O6S2/c1-7-11-15-19-27-52-47-65(87-64(52)49-54(50-77)76(81)82)67-71-72(79-70-63-32-24-22-30-61(63)60-29-21-23-31-62(60)69(70)78-71)68(74(86-46-26-18-14-10-4)73(67)85-45-25-17-13-9-3)66-48-53(28-20-16-12-8-2)75(88-66)51-33-35-55(36-34-51)80(56-37-41-58(83-5)42-38-56)57-39-43-59(84-6)44-40-57/h21-24,29-44,47-49H,7-20,25-28,45-46H2,1-6H3,(H,81,82)/b54-49+. The number of ether oxygens (including phenoxy) is 4. The number of carboxylic acid groups (broad SMARTS) is 1. The fourth-order valence-electron chi connectivity index (χ4n) is 11.9. The summed E-state index contributed by atoms with van der Waals surface area (Å²) in [7, 11) is 3.38. The molecule has 1 N–H and O–H groups in total. The zero-order chi connectivity index (χ0) is 61.4. The van der Waals surface area contributed by atoms with Gasteiger partial charge in [0.2, 0.25) is 0 Å². The van der Waals surface area contributed by atoms with E-state index in [0.717, 1.165) is 214 Å². The van der Waals surface area contributed by atoms with Gasteiger partial charge in [0.25, 0.3) is 0 Å². The molecule has 12 heteroatoms. The number of hydrogen-bond donors (Lipinski definition) is 1. The maximum Gasteiger partial charge on any atom is 0.346 e. The molecule has 0 aliphatic rings. The molecule has 0 saturated carbocycles. The summed E-state index contributed by atoms with van der Waals surface area (Å²) in [4.78, 5) is 30.5. The highest BCUT2D eigenvalue weighted by Gasteiger charge is 2.31. The van der Waals surface area contributed by atoms with Gasteiger partial charge in [-0.3, -0.25) is 0 Å². The number of anilines is 3. The molecule has 88 heavy (non-hydrogen) atoms. The molecular formula is C76H82N4O6S2. The van der Waals surface area contributed by atoms with Gasteiger partial charge in [0.15, 0.2) is 11.5 Å². The molecule has 0 spiro atoms. The molecule has 0 aliphatic carbocycles. The van der Waals surface area contributed by atoms with E-state index in [2.05, 4.69) is 142 Å². The first-order chi connectivity index (χ1) is 43.2. The van der Waals surface area contributed by atoms with Crippen molar-refractivity contribution in [2.24, 2.45) is 0 Å². The largest absolute Gasteiger partial charge is 0.497 e. The van der Waals surface area contributed by atoms with E-state index < -0.39 is 5.97 Å². The van der Waals surface area contributed by atoms with Gasteiger partial charge in [-0.1, -0.05) is 165 Å². The monoisotopic (exact) mass is 1210 g/mol. The molecule has 10 aromatic rings. The Bertz CT molecular complexity index is 4020. The van der Waals surface area contributed by atoms with E-state index >= 15 is 0 Å². The Morgan fingerprint density at radius 2 is 0.943 bits per heavy atom. The predicted octanol–water partition coefficient (Wildman–Crippen LogP) is 21.9. The topological polar surface area (TPSA) is 127 Å². The summed E-state index contributed by atoms with van der Waals surface area (Å²) in [5, 5.41) is 24.7. The summed E-state index contributed by atoms with van der Waals surface area (Å²) in [6.07, 6.45) is 19.9. The highest BCUT2D eigenvalue weighted by Crippen LogP contribution is 2.55. The van der Waals surface area contributed by atoms with Crippen LogP contribution in [0.2, 0.25) is 0 Å². The average Bonchev–Trinajstić information content (AvgIpc) is 1.29. The summed E-state index contributed by atoms with van der Waals surface area (Å²) in [5.74, 6) is 1.58. The molecule has 3 heterocycles. The van der Waals surface area contributed by atoms with Crippen LogP contribution >= 0.6 is 22.7 Å². The first-order valence-electron chi connectivity index (χ1n) is 31.9. The fraction of sp³-hybridized carbons (Fsp3) is 0.342. The van der Waals surface area contributed by atoms with Gasteiger partial charge in [0.1, 0.15) is 34.2 Å². The molecular weight excluding hydrogens is 1130 g/mol. The van der Waals surface area contributed by atoms with E-state index in [1.165, 1.54) is 21.8 Å². The normalized spacial score (nSPS) is 11.7. The van der Waals surface area contributed by atoms with Gasteiger partial charge in [-0.25, -0.2) is 14.8 Å². The number of fused-ring (bicyclic) bond motifs is 7. The van der Waals surface area contributed by atoms with Crippen molar-refractivity contribution in [3.05, 3.63) is 155 Å². The molecule has 0 unspecified atom stereocenters.